The van der Waals surface area contributed by atoms with E-state index in [-0.39, 0.29) is 24.0 Å². The number of likely N-dealkylation sites (tertiary alicyclic amines) is 1. The number of thiazole rings is 1. The van der Waals surface area contributed by atoms with Crippen LogP contribution in [0.2, 0.25) is 0 Å². The molecule has 0 amide bonds. The van der Waals surface area contributed by atoms with Gasteiger partial charge in [-0.05, 0) is 33.6 Å². The van der Waals surface area contributed by atoms with Gasteiger partial charge in [0.1, 0.15) is 0 Å². The summed E-state index contributed by atoms with van der Waals surface area (Å²) in [6.45, 7) is 9.69. The van der Waals surface area contributed by atoms with Crippen LogP contribution in [0.5, 0.6) is 0 Å². The molecule has 0 radical (unpaired) electrons. The number of hydrogen-bond acceptors (Lipinski definition) is 4. The Balaban J connectivity index is 0.00000364. The molecule has 0 spiro atoms. The monoisotopic (exact) mass is 519 g/mol. The van der Waals surface area contributed by atoms with Gasteiger partial charge in [-0.3, -0.25) is 4.99 Å². The highest BCUT2D eigenvalue weighted by atomic mass is 127. The van der Waals surface area contributed by atoms with Gasteiger partial charge in [0.25, 0.3) is 0 Å². The SMILES string of the molecule is CCNC(=NCCc1nc(C(F)(F)F)cs1)NC1CCN(C(C)C)CC1.I. The summed E-state index contributed by atoms with van der Waals surface area (Å²) >= 11 is 1.03. The van der Waals surface area contributed by atoms with E-state index in [1.54, 1.807) is 0 Å². The topological polar surface area (TPSA) is 52.6 Å². The second kappa shape index (κ2) is 11.4. The molecule has 1 fully saturated rings. The summed E-state index contributed by atoms with van der Waals surface area (Å²) in [5, 5.41) is 8.18. The lowest BCUT2D eigenvalue weighted by Crippen LogP contribution is -2.49. The van der Waals surface area contributed by atoms with Gasteiger partial charge in [-0.2, -0.15) is 13.2 Å². The number of alkyl halides is 3. The van der Waals surface area contributed by atoms with Crippen LogP contribution in [0.15, 0.2) is 10.4 Å². The second-order valence-electron chi connectivity index (χ2n) is 6.68. The molecule has 10 heteroatoms. The number of rotatable bonds is 6. The molecule has 5 nitrogen and oxygen atoms in total. The number of piperidine rings is 1. The van der Waals surface area contributed by atoms with Crippen molar-refractivity contribution < 1.29 is 13.2 Å². The van der Waals surface area contributed by atoms with Crippen LogP contribution < -0.4 is 10.6 Å². The number of aromatic nitrogens is 1. The summed E-state index contributed by atoms with van der Waals surface area (Å²) in [4.78, 5) is 10.6. The number of nitrogens with one attached hydrogen (secondary N) is 2. The third-order valence-corrected chi connectivity index (χ3v) is 5.29. The third kappa shape index (κ3) is 8.10. The molecule has 0 unspecified atom stereocenters. The van der Waals surface area contributed by atoms with Gasteiger partial charge in [0, 0.05) is 50.1 Å². The Morgan fingerprint density at radius 1 is 1.37 bits per heavy atom. The standard InChI is InChI=1S/C17H28F3N5S.HI/c1-4-21-16(23-13-6-9-25(10-7-13)12(2)3)22-8-5-15-24-14(11-26-15)17(18,19)20;/h11-13H,4-10H2,1-3H3,(H2,21,22,23);1H. The highest BCUT2D eigenvalue weighted by molar-refractivity contribution is 14.0. The molecule has 0 aliphatic carbocycles. The van der Waals surface area contributed by atoms with E-state index in [0.29, 0.717) is 30.1 Å². The van der Waals surface area contributed by atoms with E-state index in [2.05, 4.69) is 39.4 Å². The molecule has 1 aromatic heterocycles. The van der Waals surface area contributed by atoms with Crippen LogP contribution in [0.4, 0.5) is 13.2 Å². The minimum Gasteiger partial charge on any atom is -0.357 e. The highest BCUT2D eigenvalue weighted by Gasteiger charge is 2.33. The third-order valence-electron chi connectivity index (χ3n) is 4.38. The average molecular weight is 519 g/mol. The van der Waals surface area contributed by atoms with Crippen molar-refractivity contribution in [2.24, 2.45) is 4.99 Å². The fraction of sp³-hybridized carbons (Fsp3) is 0.765. The van der Waals surface area contributed by atoms with E-state index in [4.69, 9.17) is 0 Å². The second-order valence-corrected chi connectivity index (χ2v) is 7.63. The van der Waals surface area contributed by atoms with Crippen LogP contribution in [0.3, 0.4) is 0 Å². The van der Waals surface area contributed by atoms with Crippen LogP contribution in [-0.2, 0) is 12.6 Å². The Bertz CT molecular complexity index is 583. The first-order valence-corrected chi connectivity index (χ1v) is 9.98. The number of aliphatic imine (C=N–C) groups is 1. The Hall–Kier alpha value is -0.620. The van der Waals surface area contributed by atoms with E-state index >= 15 is 0 Å². The lowest BCUT2D eigenvalue weighted by atomic mass is 10.0. The molecule has 0 atom stereocenters. The number of guanidine groups is 1. The molecule has 1 aliphatic rings. The smallest absolute Gasteiger partial charge is 0.357 e. The number of nitrogens with zero attached hydrogens (tertiary/aromatic N) is 3. The molecule has 1 aromatic rings. The Morgan fingerprint density at radius 2 is 2.04 bits per heavy atom. The molecule has 2 rings (SSSR count). The molecule has 156 valence electrons. The van der Waals surface area contributed by atoms with Gasteiger partial charge >= 0.3 is 6.18 Å². The normalized spacial score (nSPS) is 17.1. The van der Waals surface area contributed by atoms with E-state index in [0.717, 1.165) is 55.2 Å². The van der Waals surface area contributed by atoms with Gasteiger partial charge < -0.3 is 15.5 Å². The lowest BCUT2D eigenvalue weighted by molar-refractivity contribution is -0.140. The molecule has 1 saturated heterocycles. The van der Waals surface area contributed by atoms with Crippen molar-refractivity contribution in [3.8, 4) is 0 Å². The van der Waals surface area contributed by atoms with Crippen molar-refractivity contribution in [3.63, 3.8) is 0 Å². The van der Waals surface area contributed by atoms with Crippen molar-refractivity contribution in [2.45, 2.75) is 58.3 Å². The van der Waals surface area contributed by atoms with Gasteiger partial charge in [0.05, 0.1) is 5.01 Å². The summed E-state index contributed by atoms with van der Waals surface area (Å²) in [6, 6.07) is 0.942. The zero-order valence-electron chi connectivity index (χ0n) is 16.0. The van der Waals surface area contributed by atoms with Crippen LogP contribution >= 0.6 is 35.3 Å². The van der Waals surface area contributed by atoms with Crippen molar-refractivity contribution in [3.05, 3.63) is 16.1 Å². The maximum absolute atomic E-state index is 12.6. The van der Waals surface area contributed by atoms with Gasteiger partial charge in [0.15, 0.2) is 11.7 Å². The van der Waals surface area contributed by atoms with E-state index < -0.39 is 11.9 Å². The first-order valence-electron chi connectivity index (χ1n) is 9.10. The minimum atomic E-state index is -4.38. The van der Waals surface area contributed by atoms with Crippen LogP contribution in [0, 0.1) is 0 Å². The molecule has 2 heterocycles. The summed E-state index contributed by atoms with van der Waals surface area (Å²) in [5.41, 5.74) is -0.816. The maximum atomic E-state index is 12.6. The van der Waals surface area contributed by atoms with Gasteiger partial charge in [-0.15, -0.1) is 35.3 Å². The van der Waals surface area contributed by atoms with Crippen molar-refractivity contribution in [1.82, 2.24) is 20.5 Å². The number of halogens is 4. The summed E-state index contributed by atoms with van der Waals surface area (Å²) in [6.07, 6.45) is -1.85. The van der Waals surface area contributed by atoms with Crippen LogP contribution in [-0.4, -0.2) is 54.1 Å². The summed E-state index contributed by atoms with van der Waals surface area (Å²) < 4.78 is 37.7. The predicted octanol–water partition coefficient (Wildman–Crippen LogP) is 3.75. The lowest BCUT2D eigenvalue weighted by Gasteiger charge is -2.35. The summed E-state index contributed by atoms with van der Waals surface area (Å²) in [7, 11) is 0. The first-order chi connectivity index (χ1) is 12.3. The fourth-order valence-electron chi connectivity index (χ4n) is 2.89. The fourth-order valence-corrected chi connectivity index (χ4v) is 3.69. The molecule has 27 heavy (non-hydrogen) atoms. The van der Waals surface area contributed by atoms with E-state index in [1.807, 2.05) is 6.92 Å². The Labute approximate surface area is 180 Å². The van der Waals surface area contributed by atoms with Crippen molar-refractivity contribution in [1.29, 1.82) is 0 Å². The van der Waals surface area contributed by atoms with E-state index in [1.165, 1.54) is 0 Å². The van der Waals surface area contributed by atoms with Crippen molar-refractivity contribution in [2.75, 3.05) is 26.2 Å². The number of hydrogen-bond donors (Lipinski definition) is 2. The quantitative estimate of drug-likeness (QED) is 0.342. The molecular formula is C17H29F3IN5S. The zero-order chi connectivity index (χ0) is 19.2. The van der Waals surface area contributed by atoms with Gasteiger partial charge in [-0.1, -0.05) is 0 Å². The molecule has 0 saturated carbocycles. The predicted molar refractivity (Wildman–Crippen MR) is 115 cm³/mol. The first kappa shape index (κ1) is 24.4. The molecule has 2 N–H and O–H groups in total. The highest BCUT2D eigenvalue weighted by Crippen LogP contribution is 2.30. The largest absolute Gasteiger partial charge is 0.434 e. The molecule has 1 aliphatic heterocycles. The van der Waals surface area contributed by atoms with Gasteiger partial charge in [-0.25, -0.2) is 4.98 Å². The Morgan fingerprint density at radius 3 is 2.56 bits per heavy atom. The van der Waals surface area contributed by atoms with Crippen molar-refractivity contribution >= 4 is 41.3 Å². The molecular weight excluding hydrogens is 490 g/mol. The summed E-state index contributed by atoms with van der Waals surface area (Å²) in [5.74, 6) is 0.725. The van der Waals surface area contributed by atoms with E-state index in [9.17, 15) is 13.2 Å². The van der Waals surface area contributed by atoms with Crippen LogP contribution in [0.25, 0.3) is 0 Å². The average Bonchev–Trinajstić information content (AvgIpc) is 3.05. The minimum absolute atomic E-state index is 0. The zero-order valence-corrected chi connectivity index (χ0v) is 19.1. The van der Waals surface area contributed by atoms with Crippen LogP contribution in [0.1, 0.15) is 44.3 Å². The maximum Gasteiger partial charge on any atom is 0.434 e. The van der Waals surface area contributed by atoms with Gasteiger partial charge in [0.2, 0.25) is 0 Å². The Kier molecular flexibility index (Phi) is 10.3. The molecule has 0 bridgehead atoms. The molecule has 0 aromatic carbocycles.